The number of aromatic nitrogens is 2. The fourth-order valence-corrected chi connectivity index (χ4v) is 2.58. The molecule has 0 bridgehead atoms. The van der Waals surface area contributed by atoms with Crippen molar-refractivity contribution in [3.63, 3.8) is 0 Å². The van der Waals surface area contributed by atoms with Gasteiger partial charge in [0, 0.05) is 13.1 Å². The second kappa shape index (κ2) is 7.39. The second-order valence-corrected chi connectivity index (χ2v) is 5.50. The minimum absolute atomic E-state index is 0.110. The molecule has 0 amide bonds. The molecule has 20 heavy (non-hydrogen) atoms. The summed E-state index contributed by atoms with van der Waals surface area (Å²) in [7, 11) is 0. The summed E-state index contributed by atoms with van der Waals surface area (Å²) in [6.45, 7) is 2.11. The van der Waals surface area contributed by atoms with E-state index in [1.807, 2.05) is 40.8 Å². The highest BCUT2D eigenvalue weighted by Gasteiger charge is 2.14. The predicted octanol–water partition coefficient (Wildman–Crippen LogP) is 1.73. The van der Waals surface area contributed by atoms with Crippen LogP contribution in [0.4, 0.5) is 5.82 Å². The predicted molar refractivity (Wildman–Crippen MR) is 88.7 cm³/mol. The van der Waals surface area contributed by atoms with Crippen molar-refractivity contribution in [3.8, 4) is 0 Å². The lowest BCUT2D eigenvalue weighted by Gasteiger charge is -2.24. The van der Waals surface area contributed by atoms with Crippen LogP contribution in [-0.2, 0) is 6.54 Å². The first-order valence-corrected chi connectivity index (χ1v) is 7.52. The topological polar surface area (TPSA) is 75.0 Å². The molecule has 1 aromatic heterocycles. The summed E-state index contributed by atoms with van der Waals surface area (Å²) in [6.07, 6.45) is 2.30. The molecule has 0 saturated heterocycles. The molecule has 6 heteroatoms. The van der Waals surface area contributed by atoms with Gasteiger partial charge in [-0.2, -0.15) is 0 Å². The van der Waals surface area contributed by atoms with Gasteiger partial charge in [-0.1, -0.05) is 30.3 Å². The van der Waals surface area contributed by atoms with Crippen LogP contribution in [0.5, 0.6) is 0 Å². The maximum Gasteiger partial charge on any atom is 0.266 e. The van der Waals surface area contributed by atoms with E-state index >= 15 is 0 Å². The van der Waals surface area contributed by atoms with E-state index in [9.17, 15) is 4.79 Å². The number of anilines is 1. The Morgan fingerprint density at radius 3 is 2.75 bits per heavy atom. The van der Waals surface area contributed by atoms with E-state index in [1.54, 1.807) is 0 Å². The molecule has 3 N–H and O–H groups in total. The smallest absolute Gasteiger partial charge is 0.266 e. The van der Waals surface area contributed by atoms with Gasteiger partial charge in [0.2, 0.25) is 0 Å². The van der Waals surface area contributed by atoms with Crippen LogP contribution >= 0.6 is 22.6 Å². The standard InChI is InChI=1S/C14H17IN4O/c15-12-13(17-10-18-14(12)20)19(8-4-7-16)9-11-5-2-1-3-6-11/h1-3,5-6,10H,4,7-9,16H2,(H,17,18,20). The second-order valence-electron chi connectivity index (χ2n) is 4.42. The fraction of sp³-hybridized carbons (Fsp3) is 0.286. The number of nitrogens with one attached hydrogen (secondary N) is 1. The summed E-state index contributed by atoms with van der Waals surface area (Å²) >= 11 is 2.04. The average molecular weight is 384 g/mol. The van der Waals surface area contributed by atoms with Crippen molar-refractivity contribution in [2.45, 2.75) is 13.0 Å². The zero-order valence-corrected chi connectivity index (χ0v) is 13.2. The average Bonchev–Trinajstić information content (AvgIpc) is 2.48. The molecule has 1 heterocycles. The van der Waals surface area contributed by atoms with Gasteiger partial charge in [-0.25, -0.2) is 4.98 Å². The maximum atomic E-state index is 11.7. The third-order valence-corrected chi connectivity index (χ3v) is 3.90. The van der Waals surface area contributed by atoms with Crippen LogP contribution in [0.15, 0.2) is 41.5 Å². The molecule has 2 aromatic rings. The third-order valence-electron chi connectivity index (χ3n) is 2.93. The van der Waals surface area contributed by atoms with E-state index < -0.39 is 0 Å². The van der Waals surface area contributed by atoms with Gasteiger partial charge in [0.1, 0.15) is 9.39 Å². The maximum absolute atomic E-state index is 11.7. The number of H-pyrrole nitrogens is 1. The van der Waals surface area contributed by atoms with E-state index in [2.05, 4.69) is 27.0 Å². The monoisotopic (exact) mass is 384 g/mol. The molecule has 0 spiro atoms. The van der Waals surface area contributed by atoms with Gasteiger partial charge in [0.15, 0.2) is 0 Å². The van der Waals surface area contributed by atoms with Crippen LogP contribution in [0.2, 0.25) is 0 Å². The molecule has 0 aliphatic carbocycles. The van der Waals surface area contributed by atoms with Gasteiger partial charge < -0.3 is 15.6 Å². The Morgan fingerprint density at radius 2 is 2.05 bits per heavy atom. The van der Waals surface area contributed by atoms with Crippen molar-refractivity contribution >= 4 is 28.4 Å². The normalized spacial score (nSPS) is 10.5. The van der Waals surface area contributed by atoms with Crippen molar-refractivity contribution in [2.75, 3.05) is 18.0 Å². The van der Waals surface area contributed by atoms with Gasteiger partial charge in [-0.3, -0.25) is 4.79 Å². The Morgan fingerprint density at radius 1 is 1.30 bits per heavy atom. The van der Waals surface area contributed by atoms with Crippen LogP contribution in [0, 0.1) is 3.57 Å². The van der Waals surface area contributed by atoms with Gasteiger partial charge in [0.25, 0.3) is 5.56 Å². The molecular weight excluding hydrogens is 367 g/mol. The molecule has 0 unspecified atom stereocenters. The Labute approximate surface area is 131 Å². The minimum atomic E-state index is -0.110. The number of aromatic amines is 1. The molecule has 1 aromatic carbocycles. The number of nitrogens with two attached hydrogens (primary N) is 1. The Hall–Kier alpha value is -1.41. The summed E-state index contributed by atoms with van der Waals surface area (Å²) in [4.78, 5) is 20.7. The largest absolute Gasteiger partial charge is 0.351 e. The highest BCUT2D eigenvalue weighted by atomic mass is 127. The molecule has 2 rings (SSSR count). The lowest BCUT2D eigenvalue weighted by Crippen LogP contribution is -2.29. The van der Waals surface area contributed by atoms with Crippen LogP contribution in [0.1, 0.15) is 12.0 Å². The van der Waals surface area contributed by atoms with Gasteiger partial charge >= 0.3 is 0 Å². The zero-order chi connectivity index (χ0) is 14.4. The number of nitrogens with zero attached hydrogens (tertiary/aromatic N) is 2. The molecule has 0 fully saturated rings. The Bertz CT molecular complexity index is 600. The third kappa shape index (κ3) is 3.80. The molecular formula is C14H17IN4O. The molecule has 0 aliphatic rings. The SMILES string of the molecule is NCCCN(Cc1ccccc1)c1nc[nH]c(=O)c1I. The zero-order valence-electron chi connectivity index (χ0n) is 11.1. The number of benzene rings is 1. The molecule has 106 valence electrons. The minimum Gasteiger partial charge on any atom is -0.351 e. The first-order valence-electron chi connectivity index (χ1n) is 6.44. The van der Waals surface area contributed by atoms with Crippen LogP contribution < -0.4 is 16.2 Å². The van der Waals surface area contributed by atoms with Crippen LogP contribution in [0.25, 0.3) is 0 Å². The van der Waals surface area contributed by atoms with Crippen molar-refractivity contribution in [1.82, 2.24) is 9.97 Å². The van der Waals surface area contributed by atoms with E-state index in [1.165, 1.54) is 11.9 Å². The van der Waals surface area contributed by atoms with E-state index in [0.29, 0.717) is 22.5 Å². The van der Waals surface area contributed by atoms with Gasteiger partial charge in [-0.05, 0) is 41.1 Å². The summed E-state index contributed by atoms with van der Waals surface area (Å²) in [5.74, 6) is 0.714. The van der Waals surface area contributed by atoms with Crippen LogP contribution in [0.3, 0.4) is 0 Å². The van der Waals surface area contributed by atoms with Gasteiger partial charge in [-0.15, -0.1) is 0 Å². The number of rotatable bonds is 6. The fourth-order valence-electron chi connectivity index (χ4n) is 1.94. The number of hydrogen-bond donors (Lipinski definition) is 2. The molecule has 5 nitrogen and oxygen atoms in total. The molecule has 0 radical (unpaired) electrons. The Kier molecular flexibility index (Phi) is 5.54. The quantitative estimate of drug-likeness (QED) is 0.744. The number of halogens is 1. The molecule has 0 aliphatic heterocycles. The van der Waals surface area contributed by atoms with Crippen molar-refractivity contribution in [3.05, 3.63) is 56.1 Å². The molecule has 0 atom stereocenters. The van der Waals surface area contributed by atoms with Gasteiger partial charge in [0.05, 0.1) is 6.33 Å². The lowest BCUT2D eigenvalue weighted by atomic mass is 10.2. The number of hydrogen-bond acceptors (Lipinski definition) is 4. The highest BCUT2D eigenvalue weighted by Crippen LogP contribution is 2.18. The summed E-state index contributed by atoms with van der Waals surface area (Å²) in [5, 5.41) is 0. The first kappa shape index (κ1) is 15.0. The highest BCUT2D eigenvalue weighted by molar-refractivity contribution is 14.1. The van der Waals surface area contributed by atoms with Crippen molar-refractivity contribution in [2.24, 2.45) is 5.73 Å². The van der Waals surface area contributed by atoms with Crippen molar-refractivity contribution < 1.29 is 0 Å². The summed E-state index contributed by atoms with van der Waals surface area (Å²) in [6, 6.07) is 10.1. The summed E-state index contributed by atoms with van der Waals surface area (Å²) < 4.78 is 0.609. The van der Waals surface area contributed by atoms with E-state index in [0.717, 1.165) is 13.0 Å². The van der Waals surface area contributed by atoms with Crippen LogP contribution in [-0.4, -0.2) is 23.1 Å². The Balaban J connectivity index is 2.27. The first-order chi connectivity index (χ1) is 9.72. The summed E-state index contributed by atoms with van der Waals surface area (Å²) in [5.41, 5.74) is 6.67. The van der Waals surface area contributed by atoms with E-state index in [4.69, 9.17) is 5.73 Å². The van der Waals surface area contributed by atoms with E-state index in [-0.39, 0.29) is 5.56 Å². The lowest BCUT2D eigenvalue weighted by molar-refractivity contribution is 0.721. The molecule has 0 saturated carbocycles. The van der Waals surface area contributed by atoms with Crippen molar-refractivity contribution in [1.29, 1.82) is 0 Å².